The van der Waals surface area contributed by atoms with Gasteiger partial charge >= 0.3 is 0 Å². The largest absolute Gasteiger partial charge is 0.381 e. The first-order valence-corrected chi connectivity index (χ1v) is 8.92. The van der Waals surface area contributed by atoms with Gasteiger partial charge < -0.3 is 10.1 Å². The van der Waals surface area contributed by atoms with E-state index in [0.717, 1.165) is 11.3 Å². The van der Waals surface area contributed by atoms with Gasteiger partial charge in [0.15, 0.2) is 0 Å². The maximum atomic E-state index is 13.8. The van der Waals surface area contributed by atoms with E-state index in [1.165, 1.54) is 12.1 Å². The van der Waals surface area contributed by atoms with Gasteiger partial charge in [0.2, 0.25) is 0 Å². The van der Waals surface area contributed by atoms with E-state index >= 15 is 0 Å². The number of nitrogens with one attached hydrogen (secondary N) is 1. The Morgan fingerprint density at radius 1 is 1.31 bits per heavy atom. The molecule has 0 atom stereocenters. The van der Waals surface area contributed by atoms with Gasteiger partial charge in [-0.3, -0.25) is 9.48 Å². The maximum absolute atomic E-state index is 13.8. The zero-order valence-corrected chi connectivity index (χ0v) is 15.8. The van der Waals surface area contributed by atoms with Gasteiger partial charge in [0.05, 0.1) is 16.8 Å². The minimum absolute atomic E-state index is 0.186. The lowest BCUT2D eigenvalue weighted by atomic mass is 9.82. The smallest absolute Gasteiger partial charge is 0.255 e. The average molecular weight is 359 g/mol. The fourth-order valence-corrected chi connectivity index (χ4v) is 3.49. The first-order chi connectivity index (χ1) is 12.2. The molecule has 0 spiro atoms. The molecule has 0 bridgehead atoms. The number of amides is 1. The second-order valence-electron chi connectivity index (χ2n) is 7.97. The molecule has 1 N–H and O–H groups in total. The molecular weight excluding hydrogens is 333 g/mol. The average Bonchev–Trinajstić information content (AvgIpc) is 2.98. The predicted molar refractivity (Wildman–Crippen MR) is 97.5 cm³/mol. The van der Waals surface area contributed by atoms with Crippen LogP contribution in [0.1, 0.15) is 55.2 Å². The van der Waals surface area contributed by atoms with E-state index in [2.05, 4.69) is 10.4 Å². The number of halogens is 1. The third kappa shape index (κ3) is 3.65. The predicted octanol–water partition coefficient (Wildman–Crippen LogP) is 3.29. The summed E-state index contributed by atoms with van der Waals surface area (Å²) >= 11 is 0. The van der Waals surface area contributed by atoms with Gasteiger partial charge in [-0.25, -0.2) is 4.39 Å². The van der Waals surface area contributed by atoms with Crippen molar-refractivity contribution >= 4 is 5.91 Å². The molecule has 1 aliphatic rings. The number of carbonyl (C=O) groups is 1. The van der Waals surface area contributed by atoms with E-state index in [9.17, 15) is 9.18 Å². The topological polar surface area (TPSA) is 56.2 Å². The summed E-state index contributed by atoms with van der Waals surface area (Å²) in [5, 5.41) is 7.66. The highest BCUT2D eigenvalue weighted by molar-refractivity contribution is 5.96. The summed E-state index contributed by atoms with van der Waals surface area (Å²) in [5.41, 5.74) is 1.19. The van der Waals surface area contributed by atoms with Gasteiger partial charge in [-0.1, -0.05) is 32.9 Å². The van der Waals surface area contributed by atoms with Crippen LogP contribution in [0, 0.1) is 5.82 Å². The van der Waals surface area contributed by atoms with Crippen LogP contribution in [0.15, 0.2) is 30.5 Å². The quantitative estimate of drug-likeness (QED) is 0.915. The Morgan fingerprint density at radius 3 is 2.62 bits per heavy atom. The summed E-state index contributed by atoms with van der Waals surface area (Å²) in [4.78, 5) is 13.2. The number of aromatic nitrogens is 2. The summed E-state index contributed by atoms with van der Waals surface area (Å²) in [7, 11) is 1.81. The summed E-state index contributed by atoms with van der Waals surface area (Å²) < 4.78 is 21.0. The van der Waals surface area contributed by atoms with Crippen LogP contribution in [0.25, 0.3) is 0 Å². The molecule has 0 unspecified atom stereocenters. The van der Waals surface area contributed by atoms with E-state index in [-0.39, 0.29) is 17.1 Å². The van der Waals surface area contributed by atoms with Crippen molar-refractivity contribution in [2.45, 2.75) is 44.6 Å². The molecule has 6 heteroatoms. The zero-order chi connectivity index (χ0) is 18.9. The first-order valence-electron chi connectivity index (χ1n) is 8.92. The van der Waals surface area contributed by atoms with Gasteiger partial charge in [-0.2, -0.15) is 5.10 Å². The second-order valence-corrected chi connectivity index (χ2v) is 7.97. The fourth-order valence-electron chi connectivity index (χ4n) is 3.49. The lowest BCUT2D eigenvalue weighted by Crippen LogP contribution is -2.49. The number of rotatable bonds is 3. The van der Waals surface area contributed by atoms with Gasteiger partial charge in [-0.15, -0.1) is 0 Å². The molecule has 2 aromatic rings. The Hall–Kier alpha value is -2.21. The van der Waals surface area contributed by atoms with Crippen LogP contribution < -0.4 is 5.32 Å². The molecule has 1 fully saturated rings. The van der Waals surface area contributed by atoms with Gasteiger partial charge in [0.1, 0.15) is 5.82 Å². The Kier molecular flexibility index (Phi) is 4.88. The number of carbonyl (C=O) groups excluding carboxylic acids is 1. The number of hydrogen-bond donors (Lipinski definition) is 1. The molecule has 0 radical (unpaired) electrons. The maximum Gasteiger partial charge on any atom is 0.255 e. The third-order valence-corrected chi connectivity index (χ3v) is 4.86. The molecule has 0 aliphatic carbocycles. The minimum atomic E-state index is -0.636. The van der Waals surface area contributed by atoms with Crippen molar-refractivity contribution in [3.8, 4) is 0 Å². The molecule has 1 amide bonds. The van der Waals surface area contributed by atoms with Crippen molar-refractivity contribution in [2.24, 2.45) is 7.05 Å². The molecule has 26 heavy (non-hydrogen) atoms. The first kappa shape index (κ1) is 18.6. The molecular formula is C20H26FN3O2. The van der Waals surface area contributed by atoms with Gasteiger partial charge in [0, 0.05) is 31.9 Å². The van der Waals surface area contributed by atoms with Crippen LogP contribution in [-0.2, 0) is 22.7 Å². The molecule has 140 valence electrons. The summed E-state index contributed by atoms with van der Waals surface area (Å²) in [6.45, 7) is 7.14. The van der Waals surface area contributed by atoms with Crippen molar-refractivity contribution in [1.29, 1.82) is 0 Å². The number of aryl methyl sites for hydroxylation is 1. The Labute approximate surface area is 153 Å². The summed E-state index contributed by atoms with van der Waals surface area (Å²) in [6, 6.07) is 6.46. The Balaban J connectivity index is 1.97. The minimum Gasteiger partial charge on any atom is -0.381 e. The number of ether oxygens (including phenoxy) is 1. The zero-order valence-electron chi connectivity index (χ0n) is 15.8. The van der Waals surface area contributed by atoms with E-state index in [4.69, 9.17) is 4.74 Å². The van der Waals surface area contributed by atoms with E-state index in [1.54, 1.807) is 16.9 Å². The normalized spacial score (nSPS) is 17.1. The molecule has 1 aromatic heterocycles. The van der Waals surface area contributed by atoms with Gasteiger partial charge in [0.25, 0.3) is 5.91 Å². The molecule has 3 rings (SSSR count). The number of benzene rings is 1. The molecule has 2 heterocycles. The van der Waals surface area contributed by atoms with Crippen LogP contribution in [0.5, 0.6) is 0 Å². The third-order valence-electron chi connectivity index (χ3n) is 4.86. The van der Waals surface area contributed by atoms with E-state index in [0.29, 0.717) is 31.6 Å². The van der Waals surface area contributed by atoms with Crippen LogP contribution in [0.3, 0.4) is 0 Å². The number of nitrogens with zero attached hydrogens (tertiary/aromatic N) is 2. The molecule has 0 saturated carbocycles. The second kappa shape index (κ2) is 6.83. The monoisotopic (exact) mass is 359 g/mol. The highest BCUT2D eigenvalue weighted by Gasteiger charge is 2.38. The van der Waals surface area contributed by atoms with Crippen LogP contribution in [-0.4, -0.2) is 28.9 Å². The van der Waals surface area contributed by atoms with Crippen molar-refractivity contribution in [1.82, 2.24) is 15.1 Å². The SMILES string of the molecule is Cn1cc(C(=O)NC2(c3cccc(F)c3)CCOCC2)c(C(C)(C)C)n1. The molecule has 1 aliphatic heterocycles. The van der Waals surface area contributed by atoms with Crippen molar-refractivity contribution in [2.75, 3.05) is 13.2 Å². The van der Waals surface area contributed by atoms with Gasteiger partial charge in [-0.05, 0) is 30.5 Å². The Morgan fingerprint density at radius 2 is 2.00 bits per heavy atom. The highest BCUT2D eigenvalue weighted by Crippen LogP contribution is 2.33. The molecule has 1 saturated heterocycles. The lowest BCUT2D eigenvalue weighted by Gasteiger charge is -2.38. The van der Waals surface area contributed by atoms with Crippen LogP contribution >= 0.6 is 0 Å². The van der Waals surface area contributed by atoms with Crippen LogP contribution in [0.2, 0.25) is 0 Å². The number of hydrogen-bond acceptors (Lipinski definition) is 3. The standard InChI is InChI=1S/C20H26FN3O2/c1-19(2,3)17-16(13-24(4)23-17)18(25)22-20(8-10-26-11-9-20)14-6-5-7-15(21)12-14/h5-7,12-13H,8-11H2,1-4H3,(H,22,25). The lowest BCUT2D eigenvalue weighted by molar-refractivity contribution is 0.0344. The molecule has 5 nitrogen and oxygen atoms in total. The van der Waals surface area contributed by atoms with Crippen molar-refractivity contribution < 1.29 is 13.9 Å². The fraction of sp³-hybridized carbons (Fsp3) is 0.500. The van der Waals surface area contributed by atoms with Crippen molar-refractivity contribution in [3.05, 3.63) is 53.1 Å². The summed E-state index contributed by atoms with van der Waals surface area (Å²) in [6.07, 6.45) is 2.95. The highest BCUT2D eigenvalue weighted by atomic mass is 19.1. The van der Waals surface area contributed by atoms with E-state index in [1.807, 2.05) is 33.9 Å². The molecule has 1 aromatic carbocycles. The van der Waals surface area contributed by atoms with Crippen molar-refractivity contribution in [3.63, 3.8) is 0 Å². The van der Waals surface area contributed by atoms with Crippen LogP contribution in [0.4, 0.5) is 4.39 Å². The Bertz CT molecular complexity index is 802. The van der Waals surface area contributed by atoms with E-state index < -0.39 is 5.54 Å². The summed E-state index contributed by atoms with van der Waals surface area (Å²) in [5.74, 6) is -0.492.